The Labute approximate surface area is 118 Å². The van der Waals surface area contributed by atoms with Gasteiger partial charge < -0.3 is 9.73 Å². The van der Waals surface area contributed by atoms with Crippen LogP contribution in [0.5, 0.6) is 0 Å². The van der Waals surface area contributed by atoms with Gasteiger partial charge in [-0.2, -0.15) is 0 Å². The number of aromatic nitrogens is 1. The third-order valence-corrected chi connectivity index (χ3v) is 3.90. The van der Waals surface area contributed by atoms with Crippen molar-refractivity contribution in [3.05, 3.63) is 46.4 Å². The molecule has 0 radical (unpaired) electrons. The van der Waals surface area contributed by atoms with Gasteiger partial charge in [0.25, 0.3) is 0 Å². The quantitative estimate of drug-likeness (QED) is 0.730. The van der Waals surface area contributed by atoms with E-state index in [0.717, 1.165) is 34.1 Å². The molecule has 2 heterocycles. The summed E-state index contributed by atoms with van der Waals surface area (Å²) in [4.78, 5) is 4.55. The fourth-order valence-electron chi connectivity index (χ4n) is 2.46. The largest absolute Gasteiger partial charge is 0.436 e. The second-order valence-corrected chi connectivity index (χ2v) is 5.60. The highest BCUT2D eigenvalue weighted by molar-refractivity contribution is 9.10. The third-order valence-electron chi connectivity index (χ3n) is 3.41. The van der Waals surface area contributed by atoms with Crippen molar-refractivity contribution < 1.29 is 4.42 Å². The lowest BCUT2D eigenvalue weighted by Crippen LogP contribution is -1.90. The summed E-state index contributed by atoms with van der Waals surface area (Å²) in [7, 11) is 0. The normalized spacial score (nSPS) is 13.5. The molecule has 0 saturated carbocycles. The molecule has 3 nitrogen and oxygen atoms in total. The molecule has 3 aromatic rings. The molecular weight excluding hydrogens is 304 g/mol. The highest BCUT2D eigenvalue weighted by Crippen LogP contribution is 2.30. The first-order chi connectivity index (χ1) is 9.29. The molecule has 1 aromatic heterocycles. The summed E-state index contributed by atoms with van der Waals surface area (Å²) in [6.45, 7) is 1.01. The first kappa shape index (κ1) is 11.1. The number of fused-ring (bicyclic) bond motifs is 2. The Bertz CT molecular complexity index is 779. The van der Waals surface area contributed by atoms with Gasteiger partial charge in [0.15, 0.2) is 5.58 Å². The van der Waals surface area contributed by atoms with Gasteiger partial charge in [0.1, 0.15) is 5.52 Å². The molecule has 0 saturated heterocycles. The average molecular weight is 315 g/mol. The van der Waals surface area contributed by atoms with Crippen LogP contribution in [-0.4, -0.2) is 11.5 Å². The van der Waals surface area contributed by atoms with Gasteiger partial charge in [-0.05, 0) is 48.4 Å². The minimum absolute atomic E-state index is 0.683. The van der Waals surface area contributed by atoms with Crippen LogP contribution in [0.1, 0.15) is 5.56 Å². The number of nitrogens with zero attached hydrogens (tertiary/aromatic N) is 1. The molecule has 19 heavy (non-hydrogen) atoms. The second kappa shape index (κ2) is 4.10. The van der Waals surface area contributed by atoms with E-state index < -0.39 is 0 Å². The molecular formula is C15H11BrN2O. The van der Waals surface area contributed by atoms with Crippen molar-refractivity contribution >= 4 is 32.7 Å². The Morgan fingerprint density at radius 3 is 3.05 bits per heavy atom. The van der Waals surface area contributed by atoms with E-state index in [1.54, 1.807) is 0 Å². The number of nitrogens with one attached hydrogen (secondary N) is 1. The van der Waals surface area contributed by atoms with Crippen LogP contribution < -0.4 is 5.32 Å². The predicted octanol–water partition coefficient (Wildman–Crippen LogP) is 4.23. The summed E-state index contributed by atoms with van der Waals surface area (Å²) >= 11 is 3.45. The minimum Gasteiger partial charge on any atom is -0.436 e. The highest BCUT2D eigenvalue weighted by Gasteiger charge is 2.14. The maximum Gasteiger partial charge on any atom is 0.227 e. The van der Waals surface area contributed by atoms with Crippen molar-refractivity contribution in [2.75, 3.05) is 11.9 Å². The number of hydrogen-bond donors (Lipinski definition) is 1. The fourth-order valence-corrected chi connectivity index (χ4v) is 2.81. The molecule has 2 aromatic carbocycles. The smallest absolute Gasteiger partial charge is 0.227 e. The number of benzene rings is 2. The first-order valence-electron chi connectivity index (χ1n) is 6.23. The number of anilines is 1. The van der Waals surface area contributed by atoms with Crippen LogP contribution >= 0.6 is 15.9 Å². The monoisotopic (exact) mass is 314 g/mol. The zero-order valence-corrected chi connectivity index (χ0v) is 11.7. The van der Waals surface area contributed by atoms with E-state index >= 15 is 0 Å². The van der Waals surface area contributed by atoms with Crippen LogP contribution in [0.2, 0.25) is 0 Å². The summed E-state index contributed by atoms with van der Waals surface area (Å²) in [5.41, 5.74) is 5.29. The van der Waals surface area contributed by atoms with E-state index in [2.05, 4.69) is 44.4 Å². The van der Waals surface area contributed by atoms with Crippen LogP contribution in [0.4, 0.5) is 5.69 Å². The van der Waals surface area contributed by atoms with Crippen molar-refractivity contribution in [3.8, 4) is 11.5 Å². The highest BCUT2D eigenvalue weighted by atomic mass is 79.9. The van der Waals surface area contributed by atoms with Gasteiger partial charge in [0, 0.05) is 22.3 Å². The van der Waals surface area contributed by atoms with E-state index in [1.165, 1.54) is 11.3 Å². The Kier molecular flexibility index (Phi) is 2.38. The molecule has 94 valence electrons. The van der Waals surface area contributed by atoms with E-state index in [4.69, 9.17) is 4.42 Å². The molecule has 1 aliphatic rings. The SMILES string of the molecule is Brc1ccc2oc(-c3ccc4c(c3)CCN4)nc2c1. The average Bonchev–Trinajstić information content (AvgIpc) is 3.02. The minimum atomic E-state index is 0.683. The van der Waals surface area contributed by atoms with Crippen LogP contribution in [0.15, 0.2) is 45.3 Å². The van der Waals surface area contributed by atoms with Gasteiger partial charge in [0.05, 0.1) is 0 Å². The summed E-state index contributed by atoms with van der Waals surface area (Å²) in [5, 5.41) is 3.36. The standard InChI is InChI=1S/C15H11BrN2O/c16-11-2-4-14-13(8-11)18-15(19-14)10-1-3-12-9(7-10)5-6-17-12/h1-4,7-8,17H,5-6H2. The Morgan fingerprint density at radius 2 is 2.11 bits per heavy atom. The van der Waals surface area contributed by atoms with Crippen LogP contribution in [0.3, 0.4) is 0 Å². The molecule has 0 aliphatic carbocycles. The van der Waals surface area contributed by atoms with Crippen molar-refractivity contribution in [1.82, 2.24) is 4.98 Å². The van der Waals surface area contributed by atoms with E-state index in [9.17, 15) is 0 Å². The van der Waals surface area contributed by atoms with Crippen molar-refractivity contribution in [1.29, 1.82) is 0 Å². The Hall–Kier alpha value is -1.81. The summed E-state index contributed by atoms with van der Waals surface area (Å²) in [5.74, 6) is 0.683. The summed E-state index contributed by atoms with van der Waals surface area (Å²) < 4.78 is 6.83. The van der Waals surface area contributed by atoms with Gasteiger partial charge in [-0.1, -0.05) is 15.9 Å². The maximum absolute atomic E-state index is 5.82. The summed E-state index contributed by atoms with van der Waals surface area (Å²) in [6, 6.07) is 12.2. The molecule has 0 amide bonds. The lowest BCUT2D eigenvalue weighted by molar-refractivity contribution is 0.620. The molecule has 0 bridgehead atoms. The van der Waals surface area contributed by atoms with Gasteiger partial charge in [-0.25, -0.2) is 4.98 Å². The third kappa shape index (κ3) is 1.83. The zero-order chi connectivity index (χ0) is 12.8. The number of halogens is 1. The lowest BCUT2D eigenvalue weighted by Gasteiger charge is -2.00. The zero-order valence-electron chi connectivity index (χ0n) is 10.1. The second-order valence-electron chi connectivity index (χ2n) is 4.68. The Morgan fingerprint density at radius 1 is 1.16 bits per heavy atom. The van der Waals surface area contributed by atoms with Gasteiger partial charge in [-0.15, -0.1) is 0 Å². The number of oxazole rings is 1. The van der Waals surface area contributed by atoms with Gasteiger partial charge in [-0.3, -0.25) is 0 Å². The predicted molar refractivity (Wildman–Crippen MR) is 79.3 cm³/mol. The molecule has 1 aliphatic heterocycles. The molecule has 4 heteroatoms. The molecule has 1 N–H and O–H groups in total. The molecule has 0 unspecified atom stereocenters. The number of hydrogen-bond acceptors (Lipinski definition) is 3. The topological polar surface area (TPSA) is 38.1 Å². The first-order valence-corrected chi connectivity index (χ1v) is 7.02. The maximum atomic E-state index is 5.82. The molecule has 0 spiro atoms. The number of rotatable bonds is 1. The Balaban J connectivity index is 1.85. The van der Waals surface area contributed by atoms with Crippen LogP contribution in [0, 0.1) is 0 Å². The molecule has 0 atom stereocenters. The van der Waals surface area contributed by atoms with E-state index in [0.29, 0.717) is 5.89 Å². The van der Waals surface area contributed by atoms with Crippen LogP contribution in [-0.2, 0) is 6.42 Å². The fraction of sp³-hybridized carbons (Fsp3) is 0.133. The van der Waals surface area contributed by atoms with Gasteiger partial charge >= 0.3 is 0 Å². The van der Waals surface area contributed by atoms with Gasteiger partial charge in [0.2, 0.25) is 5.89 Å². The molecule has 4 rings (SSSR count). The summed E-state index contributed by atoms with van der Waals surface area (Å²) in [6.07, 6.45) is 1.06. The van der Waals surface area contributed by atoms with Crippen LogP contribution in [0.25, 0.3) is 22.6 Å². The van der Waals surface area contributed by atoms with Crippen molar-refractivity contribution in [2.24, 2.45) is 0 Å². The van der Waals surface area contributed by atoms with E-state index in [1.807, 2.05) is 18.2 Å². The lowest BCUT2D eigenvalue weighted by atomic mass is 10.1. The van der Waals surface area contributed by atoms with Crippen molar-refractivity contribution in [2.45, 2.75) is 6.42 Å². The van der Waals surface area contributed by atoms with E-state index in [-0.39, 0.29) is 0 Å². The molecule has 0 fully saturated rings. The van der Waals surface area contributed by atoms with Crippen molar-refractivity contribution in [3.63, 3.8) is 0 Å².